The Balaban J connectivity index is 1.46. The van der Waals surface area contributed by atoms with Crippen LogP contribution in [0.25, 0.3) is 0 Å². The maximum atomic E-state index is 14.7. The average molecular weight is 594 g/mol. The number of nitrogens with zero attached hydrogens (tertiary/aromatic N) is 3. The Morgan fingerprint density at radius 2 is 1.88 bits per heavy atom. The molecule has 3 heterocycles. The first-order valence-corrected chi connectivity index (χ1v) is 14.5. The molecule has 2 fully saturated rings. The zero-order valence-corrected chi connectivity index (χ0v) is 24.9. The summed E-state index contributed by atoms with van der Waals surface area (Å²) in [6.07, 6.45) is 4.26. The van der Waals surface area contributed by atoms with Gasteiger partial charge in [0.2, 0.25) is 5.95 Å². The number of piperidine rings is 1. The van der Waals surface area contributed by atoms with E-state index in [1.165, 1.54) is 12.1 Å². The average Bonchev–Trinajstić information content (AvgIpc) is 3.11. The molecular formula is C29H42F3N7O3. The largest absolute Gasteiger partial charge is 0.486 e. The van der Waals surface area contributed by atoms with E-state index in [9.17, 15) is 18.0 Å². The lowest BCUT2D eigenvalue weighted by Gasteiger charge is -2.46. The molecular weight excluding hydrogens is 551 g/mol. The van der Waals surface area contributed by atoms with Crippen LogP contribution in [0.4, 0.5) is 35.4 Å². The van der Waals surface area contributed by atoms with Gasteiger partial charge >= 0.3 is 12.6 Å². The number of anilines is 3. The number of amides is 2. The van der Waals surface area contributed by atoms with Crippen LogP contribution in [0.2, 0.25) is 0 Å². The zero-order valence-electron chi connectivity index (χ0n) is 24.9. The number of likely N-dealkylation sites (tertiary alicyclic amines) is 1. The van der Waals surface area contributed by atoms with Gasteiger partial charge in [0.1, 0.15) is 6.10 Å². The van der Waals surface area contributed by atoms with E-state index in [-0.39, 0.29) is 52.5 Å². The van der Waals surface area contributed by atoms with Gasteiger partial charge in [0, 0.05) is 54.9 Å². The lowest BCUT2D eigenvalue weighted by atomic mass is 9.79. The Bertz CT molecular complexity index is 1210. The Morgan fingerprint density at radius 1 is 1.14 bits per heavy atom. The standard InChI is InChI=1S/C29H42F3N7O3/c1-6-33-27(40)39-12-7-8-20(11-13-39)41-22-10-9-18(14-23(22)42-25(31)32)36-26-34-17-21(30)24(37-26)35-19-15-28(2,3)38-29(4,5)16-19/h9-10,14,17,19-20,25,38H,6-8,11-13,15-16H2,1-5H3,(H,33,40)(H2,34,35,36,37). The van der Waals surface area contributed by atoms with Crippen molar-refractivity contribution < 1.29 is 27.4 Å². The third kappa shape index (κ3) is 8.76. The summed E-state index contributed by atoms with van der Waals surface area (Å²) in [5.41, 5.74) is 0.0757. The highest BCUT2D eigenvalue weighted by Gasteiger charge is 2.38. The summed E-state index contributed by atoms with van der Waals surface area (Å²) in [5.74, 6) is -0.424. The van der Waals surface area contributed by atoms with E-state index >= 15 is 0 Å². The highest BCUT2D eigenvalue weighted by molar-refractivity contribution is 5.74. The molecule has 13 heteroatoms. The van der Waals surface area contributed by atoms with Crippen molar-refractivity contribution in [2.75, 3.05) is 30.3 Å². The number of ether oxygens (including phenoxy) is 2. The van der Waals surface area contributed by atoms with Gasteiger partial charge in [-0.25, -0.2) is 14.2 Å². The molecule has 42 heavy (non-hydrogen) atoms. The summed E-state index contributed by atoms with van der Waals surface area (Å²) in [4.78, 5) is 22.3. The van der Waals surface area contributed by atoms with E-state index < -0.39 is 12.4 Å². The summed E-state index contributed by atoms with van der Waals surface area (Å²) in [5, 5.41) is 12.6. The van der Waals surface area contributed by atoms with Crippen molar-refractivity contribution in [2.24, 2.45) is 0 Å². The predicted octanol–water partition coefficient (Wildman–Crippen LogP) is 5.64. The van der Waals surface area contributed by atoms with E-state index in [0.29, 0.717) is 38.2 Å². The normalized spacial score (nSPS) is 20.5. The number of carbonyl (C=O) groups is 1. The molecule has 2 aliphatic rings. The van der Waals surface area contributed by atoms with Crippen molar-refractivity contribution in [1.82, 2.24) is 25.5 Å². The van der Waals surface area contributed by atoms with Crippen molar-refractivity contribution in [1.29, 1.82) is 0 Å². The summed E-state index contributed by atoms with van der Waals surface area (Å²) < 4.78 is 52.2. The monoisotopic (exact) mass is 593 g/mol. The molecule has 0 aliphatic carbocycles. The number of nitrogens with one attached hydrogen (secondary N) is 4. The first kappa shape index (κ1) is 31.5. The van der Waals surface area contributed by atoms with E-state index in [1.54, 1.807) is 11.0 Å². The summed E-state index contributed by atoms with van der Waals surface area (Å²) in [6.45, 7) is 8.84. The molecule has 1 aromatic heterocycles. The molecule has 0 bridgehead atoms. The van der Waals surface area contributed by atoms with Crippen LogP contribution < -0.4 is 30.7 Å². The highest BCUT2D eigenvalue weighted by Crippen LogP contribution is 2.35. The molecule has 4 rings (SSSR count). The van der Waals surface area contributed by atoms with Gasteiger partial charge in [-0.3, -0.25) is 0 Å². The fraction of sp³-hybridized carbons (Fsp3) is 0.621. The molecule has 4 N–H and O–H groups in total. The van der Waals surface area contributed by atoms with Crippen LogP contribution in [0.5, 0.6) is 11.5 Å². The van der Waals surface area contributed by atoms with E-state index in [0.717, 1.165) is 25.5 Å². The fourth-order valence-corrected chi connectivity index (χ4v) is 5.98. The fourth-order valence-electron chi connectivity index (χ4n) is 5.98. The number of rotatable bonds is 9. The van der Waals surface area contributed by atoms with Gasteiger partial charge in [-0.15, -0.1) is 0 Å². The molecule has 1 unspecified atom stereocenters. The molecule has 2 aliphatic heterocycles. The molecule has 0 saturated carbocycles. The van der Waals surface area contributed by atoms with Gasteiger partial charge in [-0.2, -0.15) is 13.8 Å². The van der Waals surface area contributed by atoms with Gasteiger partial charge in [-0.1, -0.05) is 0 Å². The van der Waals surface area contributed by atoms with Crippen molar-refractivity contribution in [2.45, 2.75) is 96.6 Å². The number of aromatic nitrogens is 2. The second-order valence-corrected chi connectivity index (χ2v) is 12.2. The molecule has 0 spiro atoms. The molecule has 10 nitrogen and oxygen atoms in total. The Labute approximate surface area is 245 Å². The lowest BCUT2D eigenvalue weighted by molar-refractivity contribution is -0.0521. The molecule has 2 saturated heterocycles. The summed E-state index contributed by atoms with van der Waals surface area (Å²) >= 11 is 0. The van der Waals surface area contributed by atoms with Crippen molar-refractivity contribution in [3.8, 4) is 11.5 Å². The minimum atomic E-state index is -3.07. The second-order valence-electron chi connectivity index (χ2n) is 12.2. The number of hydrogen-bond donors (Lipinski definition) is 4. The molecule has 1 aromatic carbocycles. The number of halogens is 3. The zero-order chi connectivity index (χ0) is 30.5. The second kappa shape index (κ2) is 13.2. The van der Waals surface area contributed by atoms with Gasteiger partial charge in [-0.05, 0) is 72.4 Å². The van der Waals surface area contributed by atoms with Crippen LogP contribution >= 0.6 is 0 Å². The van der Waals surface area contributed by atoms with E-state index in [1.807, 2.05) is 6.92 Å². The van der Waals surface area contributed by atoms with Gasteiger partial charge < -0.3 is 35.6 Å². The Hall–Kier alpha value is -3.48. The molecule has 1 atom stereocenters. The summed E-state index contributed by atoms with van der Waals surface area (Å²) in [7, 11) is 0. The number of benzene rings is 1. The van der Waals surface area contributed by atoms with Crippen LogP contribution in [-0.4, -0.2) is 70.4 Å². The predicted molar refractivity (Wildman–Crippen MR) is 155 cm³/mol. The minimum absolute atomic E-state index is 0.0203. The van der Waals surface area contributed by atoms with Crippen LogP contribution in [0.1, 0.15) is 66.7 Å². The van der Waals surface area contributed by atoms with Gasteiger partial charge in [0.25, 0.3) is 0 Å². The molecule has 2 aromatic rings. The Kier molecular flexibility index (Phi) is 9.90. The van der Waals surface area contributed by atoms with Crippen molar-refractivity contribution >= 4 is 23.5 Å². The van der Waals surface area contributed by atoms with Gasteiger partial charge in [0.05, 0.1) is 6.20 Å². The maximum Gasteiger partial charge on any atom is 0.387 e. The smallest absolute Gasteiger partial charge is 0.387 e. The van der Waals surface area contributed by atoms with E-state index in [4.69, 9.17) is 9.47 Å². The molecule has 232 valence electrons. The number of hydrogen-bond acceptors (Lipinski definition) is 8. The molecule has 0 radical (unpaired) electrons. The SMILES string of the molecule is CCNC(=O)N1CCCC(Oc2ccc(Nc3ncc(F)c(NC4CC(C)(C)NC(C)(C)C4)n3)cc2OC(F)F)CC1. The van der Waals surface area contributed by atoms with Gasteiger partial charge in [0.15, 0.2) is 23.1 Å². The van der Waals surface area contributed by atoms with Crippen LogP contribution in [0.3, 0.4) is 0 Å². The quantitative estimate of drug-likeness (QED) is 0.295. The van der Waals surface area contributed by atoms with Crippen molar-refractivity contribution in [3.63, 3.8) is 0 Å². The van der Waals surface area contributed by atoms with Crippen LogP contribution in [-0.2, 0) is 0 Å². The topological polar surface area (TPSA) is 113 Å². The maximum absolute atomic E-state index is 14.7. The Morgan fingerprint density at radius 3 is 2.57 bits per heavy atom. The number of urea groups is 1. The minimum Gasteiger partial charge on any atom is -0.486 e. The molecule has 2 amide bonds. The lowest BCUT2D eigenvalue weighted by Crippen LogP contribution is -2.60. The van der Waals surface area contributed by atoms with Crippen molar-refractivity contribution in [3.05, 3.63) is 30.2 Å². The van der Waals surface area contributed by atoms with Crippen LogP contribution in [0.15, 0.2) is 24.4 Å². The van der Waals surface area contributed by atoms with Crippen LogP contribution in [0, 0.1) is 5.82 Å². The number of carbonyl (C=O) groups excluding carboxylic acids is 1. The first-order chi connectivity index (χ1) is 19.8. The third-order valence-corrected chi connectivity index (χ3v) is 7.28. The first-order valence-electron chi connectivity index (χ1n) is 14.5. The third-order valence-electron chi connectivity index (χ3n) is 7.28. The van der Waals surface area contributed by atoms with E-state index in [2.05, 4.69) is 58.9 Å². The summed E-state index contributed by atoms with van der Waals surface area (Å²) in [6, 6.07) is 4.39. The highest BCUT2D eigenvalue weighted by atomic mass is 19.3. The number of alkyl halides is 2.